The maximum Gasteiger partial charge on any atom is 0.335 e. The predicted molar refractivity (Wildman–Crippen MR) is 115 cm³/mol. The Balaban J connectivity index is 1.66. The van der Waals surface area contributed by atoms with E-state index in [1.807, 2.05) is 53.2 Å². The number of hydrogen-bond donors (Lipinski definition) is 1. The van der Waals surface area contributed by atoms with Crippen LogP contribution in [0.4, 0.5) is 5.69 Å². The number of benzene rings is 2. The number of carboxylic acids is 1. The average Bonchev–Trinajstić information content (AvgIpc) is 3.27. The summed E-state index contributed by atoms with van der Waals surface area (Å²) in [5, 5.41) is 9.05. The van der Waals surface area contributed by atoms with Crippen molar-refractivity contribution < 1.29 is 14.7 Å². The first-order valence-electron chi connectivity index (χ1n) is 8.39. The summed E-state index contributed by atoms with van der Waals surface area (Å²) in [7, 11) is 0. The van der Waals surface area contributed by atoms with Crippen LogP contribution < -0.4 is 4.90 Å². The zero-order valence-electron chi connectivity index (χ0n) is 14.5. The Bertz CT molecular complexity index is 1100. The highest BCUT2D eigenvalue weighted by Crippen LogP contribution is 2.36. The summed E-state index contributed by atoms with van der Waals surface area (Å²) < 4.78 is 2.38. The van der Waals surface area contributed by atoms with Gasteiger partial charge in [0.15, 0.2) is 4.32 Å². The summed E-state index contributed by atoms with van der Waals surface area (Å²) in [5.74, 6) is -1.13. The molecule has 0 atom stereocenters. The minimum atomic E-state index is -0.969. The van der Waals surface area contributed by atoms with Gasteiger partial charge in [0.25, 0.3) is 5.91 Å². The minimum absolute atomic E-state index is 0.157. The van der Waals surface area contributed by atoms with Crippen molar-refractivity contribution in [3.8, 4) is 5.69 Å². The summed E-state index contributed by atoms with van der Waals surface area (Å²) in [6.45, 7) is 0. The predicted octanol–water partition coefficient (Wildman–Crippen LogP) is 4.58. The molecule has 2 aromatic carbocycles. The SMILES string of the molecule is O=C(O)c1ccc(-n2cccc2/C=C2/SC(=S)N(c3ccccc3)C2=O)cc1. The van der Waals surface area contributed by atoms with Gasteiger partial charge in [-0.15, -0.1) is 0 Å². The first-order valence-corrected chi connectivity index (χ1v) is 9.61. The lowest BCUT2D eigenvalue weighted by Gasteiger charge is -2.13. The number of rotatable bonds is 4. The van der Waals surface area contributed by atoms with Crippen LogP contribution in [0.25, 0.3) is 11.8 Å². The molecule has 1 N–H and O–H groups in total. The molecule has 0 radical (unpaired) electrons. The molecule has 138 valence electrons. The fraction of sp³-hybridized carbons (Fsp3) is 0. The van der Waals surface area contributed by atoms with Gasteiger partial charge >= 0.3 is 5.97 Å². The van der Waals surface area contributed by atoms with Gasteiger partial charge in [-0.05, 0) is 54.6 Å². The van der Waals surface area contributed by atoms with Gasteiger partial charge in [0.1, 0.15) is 0 Å². The summed E-state index contributed by atoms with van der Waals surface area (Å²) in [6.07, 6.45) is 3.66. The first kappa shape index (κ1) is 18.2. The Labute approximate surface area is 170 Å². The molecule has 1 fully saturated rings. The van der Waals surface area contributed by atoms with Gasteiger partial charge in [0, 0.05) is 17.6 Å². The van der Waals surface area contributed by atoms with E-state index in [0.717, 1.165) is 17.1 Å². The van der Waals surface area contributed by atoms with Crippen molar-refractivity contribution in [2.45, 2.75) is 0 Å². The van der Waals surface area contributed by atoms with Crippen LogP contribution >= 0.6 is 24.0 Å². The molecule has 5 nitrogen and oxygen atoms in total. The molecule has 28 heavy (non-hydrogen) atoms. The second-order valence-corrected chi connectivity index (χ2v) is 7.68. The van der Waals surface area contributed by atoms with Crippen molar-refractivity contribution in [2.75, 3.05) is 4.90 Å². The van der Waals surface area contributed by atoms with E-state index >= 15 is 0 Å². The van der Waals surface area contributed by atoms with Crippen molar-refractivity contribution >= 4 is 51.9 Å². The number of carbonyl (C=O) groups is 2. The number of anilines is 1. The standard InChI is InChI=1S/C21H14N2O3S2/c24-19-18(28-21(27)23(19)16-5-2-1-3-6-16)13-17-7-4-12-22(17)15-10-8-14(9-11-15)20(25)26/h1-13H,(H,25,26)/b18-13+. The van der Waals surface area contributed by atoms with E-state index in [9.17, 15) is 9.59 Å². The molecule has 0 saturated carbocycles. The molecule has 1 amide bonds. The number of thioether (sulfide) groups is 1. The largest absolute Gasteiger partial charge is 0.478 e. The van der Waals surface area contributed by atoms with E-state index in [2.05, 4.69) is 0 Å². The first-order chi connectivity index (χ1) is 13.5. The molecule has 0 unspecified atom stereocenters. The van der Waals surface area contributed by atoms with Gasteiger partial charge in [-0.1, -0.05) is 42.2 Å². The van der Waals surface area contributed by atoms with Crippen molar-refractivity contribution in [3.05, 3.63) is 89.1 Å². The van der Waals surface area contributed by atoms with Gasteiger partial charge in [-0.3, -0.25) is 9.69 Å². The Morgan fingerprint density at radius 2 is 1.68 bits per heavy atom. The Morgan fingerprint density at radius 1 is 0.964 bits per heavy atom. The Morgan fingerprint density at radius 3 is 2.36 bits per heavy atom. The highest BCUT2D eigenvalue weighted by molar-refractivity contribution is 8.27. The van der Waals surface area contributed by atoms with Crippen molar-refractivity contribution in [2.24, 2.45) is 0 Å². The second kappa shape index (κ2) is 7.46. The number of hydrogen-bond acceptors (Lipinski definition) is 4. The van der Waals surface area contributed by atoms with Crippen LogP contribution in [0.3, 0.4) is 0 Å². The number of carboxylic acid groups (broad SMARTS) is 1. The van der Waals surface area contributed by atoms with Gasteiger partial charge in [0.05, 0.1) is 16.2 Å². The highest BCUT2D eigenvalue weighted by atomic mass is 32.2. The van der Waals surface area contributed by atoms with Crippen LogP contribution in [0, 0.1) is 0 Å². The van der Waals surface area contributed by atoms with E-state index < -0.39 is 5.97 Å². The molecular weight excluding hydrogens is 392 g/mol. The summed E-state index contributed by atoms with van der Waals surface area (Å²) in [4.78, 5) is 26.0. The zero-order chi connectivity index (χ0) is 19.7. The van der Waals surface area contributed by atoms with E-state index in [1.54, 1.807) is 30.3 Å². The van der Waals surface area contributed by atoms with E-state index in [-0.39, 0.29) is 11.5 Å². The van der Waals surface area contributed by atoms with Crippen LogP contribution in [0.2, 0.25) is 0 Å². The van der Waals surface area contributed by atoms with Crippen LogP contribution in [0.15, 0.2) is 77.8 Å². The van der Waals surface area contributed by atoms with Crippen molar-refractivity contribution in [1.82, 2.24) is 4.57 Å². The van der Waals surface area contributed by atoms with E-state index in [0.29, 0.717) is 9.23 Å². The Kier molecular flexibility index (Phi) is 4.85. The summed E-state index contributed by atoms with van der Waals surface area (Å²) in [6, 6.07) is 19.6. The van der Waals surface area contributed by atoms with Crippen LogP contribution in [-0.2, 0) is 4.79 Å². The number of thiocarbonyl (C=S) groups is 1. The summed E-state index contributed by atoms with van der Waals surface area (Å²) in [5.41, 5.74) is 2.57. The van der Waals surface area contributed by atoms with Crippen molar-refractivity contribution in [1.29, 1.82) is 0 Å². The third-order valence-electron chi connectivity index (χ3n) is 4.26. The van der Waals surface area contributed by atoms with Crippen LogP contribution in [0.5, 0.6) is 0 Å². The molecule has 1 aromatic heterocycles. The molecule has 4 rings (SSSR count). The number of aromatic nitrogens is 1. The Hall–Kier alpha value is -3.16. The van der Waals surface area contributed by atoms with Gasteiger partial charge < -0.3 is 9.67 Å². The molecule has 0 bridgehead atoms. The van der Waals surface area contributed by atoms with E-state index in [1.165, 1.54) is 16.7 Å². The quantitative estimate of drug-likeness (QED) is 0.508. The number of para-hydroxylation sites is 1. The molecule has 1 saturated heterocycles. The average molecular weight is 406 g/mol. The number of aromatic carboxylic acids is 1. The fourth-order valence-electron chi connectivity index (χ4n) is 2.91. The number of carbonyl (C=O) groups excluding carboxylic acids is 1. The molecule has 3 aromatic rings. The minimum Gasteiger partial charge on any atom is -0.478 e. The normalized spacial score (nSPS) is 15.4. The molecule has 1 aliphatic rings. The molecule has 0 spiro atoms. The third-order valence-corrected chi connectivity index (χ3v) is 5.56. The topological polar surface area (TPSA) is 62.5 Å². The number of nitrogens with zero attached hydrogens (tertiary/aromatic N) is 2. The van der Waals surface area contributed by atoms with Gasteiger partial charge in [0.2, 0.25) is 0 Å². The zero-order valence-corrected chi connectivity index (χ0v) is 16.1. The van der Waals surface area contributed by atoms with Crippen LogP contribution in [0.1, 0.15) is 16.1 Å². The number of amides is 1. The maximum absolute atomic E-state index is 12.9. The fourth-order valence-corrected chi connectivity index (χ4v) is 4.20. The van der Waals surface area contributed by atoms with Crippen LogP contribution in [-0.4, -0.2) is 25.9 Å². The lowest BCUT2D eigenvalue weighted by Crippen LogP contribution is -2.27. The molecule has 0 aliphatic carbocycles. The lowest BCUT2D eigenvalue weighted by atomic mass is 10.2. The molecular formula is C21H14N2O3S2. The molecule has 2 heterocycles. The van der Waals surface area contributed by atoms with E-state index in [4.69, 9.17) is 17.3 Å². The van der Waals surface area contributed by atoms with Gasteiger partial charge in [-0.2, -0.15) is 0 Å². The van der Waals surface area contributed by atoms with Gasteiger partial charge in [-0.25, -0.2) is 4.79 Å². The third kappa shape index (κ3) is 3.37. The lowest BCUT2D eigenvalue weighted by molar-refractivity contribution is -0.113. The van der Waals surface area contributed by atoms with Crippen molar-refractivity contribution in [3.63, 3.8) is 0 Å². The molecule has 7 heteroatoms. The highest BCUT2D eigenvalue weighted by Gasteiger charge is 2.33. The summed E-state index contributed by atoms with van der Waals surface area (Å²) >= 11 is 6.67. The second-order valence-electron chi connectivity index (χ2n) is 6.01. The molecule has 1 aliphatic heterocycles. The maximum atomic E-state index is 12.9. The smallest absolute Gasteiger partial charge is 0.335 e. The monoisotopic (exact) mass is 406 g/mol.